The monoisotopic (exact) mass is 332 g/mol. The minimum absolute atomic E-state index is 0.0546. The van der Waals surface area contributed by atoms with Crippen molar-refractivity contribution < 1.29 is 22.7 Å². The summed E-state index contributed by atoms with van der Waals surface area (Å²) in [5.74, 6) is 0.0546. The summed E-state index contributed by atoms with van der Waals surface area (Å²) >= 11 is 0. The lowest BCUT2D eigenvalue weighted by Crippen LogP contribution is -2.46. The van der Waals surface area contributed by atoms with E-state index >= 15 is 0 Å². The maximum atomic E-state index is 12.0. The molecule has 0 unspecified atom stereocenters. The Labute approximate surface area is 134 Å². The number of alkyl carbamates (subject to hydrolysis) is 1. The van der Waals surface area contributed by atoms with Crippen molar-refractivity contribution in [2.45, 2.75) is 39.5 Å². The highest BCUT2D eigenvalue weighted by Crippen LogP contribution is 2.14. The molecule has 0 aliphatic rings. The van der Waals surface area contributed by atoms with E-state index in [1.807, 2.05) is 45.0 Å². The van der Waals surface area contributed by atoms with Crippen molar-refractivity contribution in [2.24, 2.45) is 5.92 Å². The summed E-state index contributed by atoms with van der Waals surface area (Å²) in [7, 11) is 0. The van der Waals surface area contributed by atoms with Crippen molar-refractivity contribution in [2.75, 3.05) is 13.2 Å². The topological polar surface area (TPSA) is 50.4 Å². The Hall–Kier alpha value is -1.76. The number of alkyl halides is 3. The number of aryl methyl sites for hydroxylation is 1. The zero-order valence-electron chi connectivity index (χ0n) is 13.5. The van der Waals surface area contributed by atoms with Gasteiger partial charge in [0.1, 0.15) is 0 Å². The van der Waals surface area contributed by atoms with Gasteiger partial charge in [0.2, 0.25) is 0 Å². The first-order valence-corrected chi connectivity index (χ1v) is 7.43. The highest BCUT2D eigenvalue weighted by molar-refractivity contribution is 5.67. The van der Waals surface area contributed by atoms with Gasteiger partial charge in [0.15, 0.2) is 6.61 Å². The summed E-state index contributed by atoms with van der Waals surface area (Å²) in [4.78, 5) is 11.4. The third kappa shape index (κ3) is 8.44. The SMILES string of the molecule is Cc1ccc(CNC[C@@H](NC(=O)OCC(F)(F)F)C(C)C)cc1. The largest absolute Gasteiger partial charge is 0.440 e. The quantitative estimate of drug-likeness (QED) is 0.805. The van der Waals surface area contributed by atoms with Crippen molar-refractivity contribution in [3.63, 3.8) is 0 Å². The average Bonchev–Trinajstić information content (AvgIpc) is 2.45. The second-order valence-corrected chi connectivity index (χ2v) is 5.80. The zero-order valence-corrected chi connectivity index (χ0v) is 13.5. The van der Waals surface area contributed by atoms with Crippen LogP contribution in [0.25, 0.3) is 0 Å². The van der Waals surface area contributed by atoms with Gasteiger partial charge in [-0.15, -0.1) is 0 Å². The molecule has 1 amide bonds. The molecule has 1 atom stereocenters. The molecule has 2 N–H and O–H groups in total. The number of amides is 1. The van der Waals surface area contributed by atoms with Crippen LogP contribution in [-0.4, -0.2) is 31.5 Å². The smallest absolute Gasteiger partial charge is 0.422 e. The van der Waals surface area contributed by atoms with Crippen LogP contribution in [-0.2, 0) is 11.3 Å². The summed E-state index contributed by atoms with van der Waals surface area (Å²) < 4.78 is 40.2. The van der Waals surface area contributed by atoms with E-state index in [0.29, 0.717) is 13.1 Å². The van der Waals surface area contributed by atoms with E-state index in [9.17, 15) is 18.0 Å². The maximum Gasteiger partial charge on any atom is 0.422 e. The molecule has 0 spiro atoms. The van der Waals surface area contributed by atoms with Crippen LogP contribution in [0.3, 0.4) is 0 Å². The van der Waals surface area contributed by atoms with E-state index in [1.54, 1.807) is 0 Å². The highest BCUT2D eigenvalue weighted by atomic mass is 19.4. The van der Waals surface area contributed by atoms with E-state index in [2.05, 4.69) is 15.4 Å². The van der Waals surface area contributed by atoms with Crippen LogP contribution >= 0.6 is 0 Å². The number of carbonyl (C=O) groups is 1. The molecule has 1 aromatic rings. The Bertz CT molecular complexity index is 487. The molecular formula is C16H23F3N2O2. The molecule has 0 heterocycles. The number of halogens is 3. The van der Waals surface area contributed by atoms with Crippen LogP contribution < -0.4 is 10.6 Å². The Morgan fingerprint density at radius 3 is 2.35 bits per heavy atom. The number of ether oxygens (including phenoxy) is 1. The number of carbonyl (C=O) groups excluding carboxylic acids is 1. The molecule has 23 heavy (non-hydrogen) atoms. The molecule has 1 rings (SSSR count). The molecule has 0 aliphatic carbocycles. The number of nitrogens with one attached hydrogen (secondary N) is 2. The van der Waals surface area contributed by atoms with E-state index < -0.39 is 18.9 Å². The van der Waals surface area contributed by atoms with E-state index in [1.165, 1.54) is 5.56 Å². The predicted molar refractivity (Wildman–Crippen MR) is 82.1 cm³/mol. The summed E-state index contributed by atoms with van der Waals surface area (Å²) in [5.41, 5.74) is 2.26. The average molecular weight is 332 g/mol. The molecule has 0 aliphatic heterocycles. The minimum Gasteiger partial charge on any atom is -0.440 e. The Morgan fingerprint density at radius 2 is 1.83 bits per heavy atom. The van der Waals surface area contributed by atoms with Gasteiger partial charge in [0.05, 0.1) is 0 Å². The maximum absolute atomic E-state index is 12.0. The first-order valence-electron chi connectivity index (χ1n) is 7.43. The van der Waals surface area contributed by atoms with Crippen LogP contribution in [0.2, 0.25) is 0 Å². The Morgan fingerprint density at radius 1 is 1.22 bits per heavy atom. The molecule has 4 nitrogen and oxygen atoms in total. The molecule has 130 valence electrons. The predicted octanol–water partition coefficient (Wildman–Crippen LogP) is 3.40. The highest BCUT2D eigenvalue weighted by Gasteiger charge is 2.30. The normalized spacial score (nSPS) is 13.0. The molecule has 0 fully saturated rings. The second kappa shape index (κ2) is 8.76. The van der Waals surface area contributed by atoms with Crippen LogP contribution in [0.4, 0.5) is 18.0 Å². The van der Waals surface area contributed by atoms with Gasteiger partial charge >= 0.3 is 12.3 Å². The Kier molecular flexibility index (Phi) is 7.35. The van der Waals surface area contributed by atoms with Gasteiger partial charge in [-0.3, -0.25) is 0 Å². The van der Waals surface area contributed by atoms with Gasteiger partial charge in [0, 0.05) is 19.1 Å². The van der Waals surface area contributed by atoms with E-state index in [0.717, 1.165) is 5.56 Å². The third-order valence-corrected chi connectivity index (χ3v) is 3.29. The van der Waals surface area contributed by atoms with Crippen LogP contribution in [0.1, 0.15) is 25.0 Å². The molecule has 1 aromatic carbocycles. The lowest BCUT2D eigenvalue weighted by atomic mass is 10.0. The van der Waals surface area contributed by atoms with Crippen LogP contribution in [0, 0.1) is 12.8 Å². The molecular weight excluding hydrogens is 309 g/mol. The number of hydrogen-bond acceptors (Lipinski definition) is 3. The number of benzene rings is 1. The fraction of sp³-hybridized carbons (Fsp3) is 0.562. The van der Waals surface area contributed by atoms with Crippen molar-refractivity contribution in [1.29, 1.82) is 0 Å². The van der Waals surface area contributed by atoms with Gasteiger partial charge in [0.25, 0.3) is 0 Å². The number of hydrogen-bond donors (Lipinski definition) is 2. The van der Waals surface area contributed by atoms with Gasteiger partial charge < -0.3 is 15.4 Å². The van der Waals surface area contributed by atoms with Crippen molar-refractivity contribution >= 4 is 6.09 Å². The van der Waals surface area contributed by atoms with Crippen molar-refractivity contribution in [3.8, 4) is 0 Å². The van der Waals surface area contributed by atoms with Gasteiger partial charge in [-0.2, -0.15) is 13.2 Å². The van der Waals surface area contributed by atoms with E-state index in [4.69, 9.17) is 0 Å². The third-order valence-electron chi connectivity index (χ3n) is 3.29. The Balaban J connectivity index is 2.39. The van der Waals surface area contributed by atoms with E-state index in [-0.39, 0.29) is 12.0 Å². The van der Waals surface area contributed by atoms with Crippen molar-refractivity contribution in [1.82, 2.24) is 10.6 Å². The molecule has 7 heteroatoms. The fourth-order valence-corrected chi connectivity index (χ4v) is 1.87. The molecule has 0 bridgehead atoms. The van der Waals surface area contributed by atoms with Gasteiger partial charge in [-0.1, -0.05) is 43.7 Å². The first kappa shape index (κ1) is 19.3. The summed E-state index contributed by atoms with van der Waals surface area (Å²) in [6.07, 6.45) is -5.58. The van der Waals surface area contributed by atoms with Gasteiger partial charge in [-0.05, 0) is 18.4 Å². The van der Waals surface area contributed by atoms with Crippen molar-refractivity contribution in [3.05, 3.63) is 35.4 Å². The zero-order chi connectivity index (χ0) is 17.5. The molecule has 0 saturated heterocycles. The first-order chi connectivity index (χ1) is 10.7. The lowest BCUT2D eigenvalue weighted by molar-refractivity contribution is -0.160. The lowest BCUT2D eigenvalue weighted by Gasteiger charge is -2.22. The minimum atomic E-state index is -4.52. The molecule has 0 saturated carbocycles. The summed E-state index contributed by atoms with van der Waals surface area (Å²) in [5, 5.41) is 5.65. The van der Waals surface area contributed by atoms with Gasteiger partial charge in [-0.25, -0.2) is 4.79 Å². The molecule has 0 aromatic heterocycles. The number of rotatable bonds is 7. The molecule has 0 radical (unpaired) electrons. The summed E-state index contributed by atoms with van der Waals surface area (Å²) in [6, 6.07) is 7.68. The summed E-state index contributed by atoms with van der Waals surface area (Å²) in [6.45, 7) is 5.23. The van der Waals surface area contributed by atoms with Crippen LogP contribution in [0.5, 0.6) is 0 Å². The van der Waals surface area contributed by atoms with Crippen LogP contribution in [0.15, 0.2) is 24.3 Å². The second-order valence-electron chi connectivity index (χ2n) is 5.80. The standard InChI is InChI=1S/C16H23F3N2O2/c1-11(2)14(21-15(22)23-10-16(17,18)19)9-20-8-13-6-4-12(3)5-7-13/h4-7,11,14,20H,8-10H2,1-3H3,(H,21,22)/t14-/m1/s1. The fourth-order valence-electron chi connectivity index (χ4n) is 1.87.